The van der Waals surface area contributed by atoms with Gasteiger partial charge in [0.15, 0.2) is 0 Å². The molecule has 1 saturated carbocycles. The first-order valence-electron chi connectivity index (χ1n) is 11.7. The molecule has 194 valence electrons. The molecule has 0 atom stereocenters. The monoisotopic (exact) mass is 522 g/mol. The van der Waals surface area contributed by atoms with Crippen LogP contribution in [0.5, 0.6) is 11.6 Å². The van der Waals surface area contributed by atoms with Crippen LogP contribution in [0.4, 0.5) is 13.2 Å². The molecule has 0 amide bonds. The molecule has 11 heteroatoms. The SMILES string of the molecule is CCn1nc(Oc2ccc(C(F)(F)F)cc2)cc1-c1cccc(C2(NS(=O)(=O)NCC(C)C)CC2)c1. The van der Waals surface area contributed by atoms with Crippen molar-refractivity contribution in [1.29, 1.82) is 0 Å². The van der Waals surface area contributed by atoms with Crippen molar-refractivity contribution in [2.24, 2.45) is 5.92 Å². The summed E-state index contributed by atoms with van der Waals surface area (Å²) in [6, 6.07) is 13.7. The number of alkyl halides is 3. The Bertz CT molecular complexity index is 1320. The summed E-state index contributed by atoms with van der Waals surface area (Å²) in [4.78, 5) is 0. The van der Waals surface area contributed by atoms with E-state index in [2.05, 4.69) is 14.5 Å². The Hall–Kier alpha value is -2.89. The van der Waals surface area contributed by atoms with E-state index in [0.29, 0.717) is 25.9 Å². The Labute approximate surface area is 208 Å². The minimum absolute atomic E-state index is 0.188. The second-order valence-corrected chi connectivity index (χ2v) is 10.8. The Kier molecular flexibility index (Phi) is 7.18. The summed E-state index contributed by atoms with van der Waals surface area (Å²) in [5.41, 5.74) is 1.01. The van der Waals surface area contributed by atoms with Gasteiger partial charge >= 0.3 is 6.18 Å². The smallest absolute Gasteiger partial charge is 0.416 e. The fourth-order valence-corrected chi connectivity index (χ4v) is 5.33. The number of rotatable bonds is 10. The summed E-state index contributed by atoms with van der Waals surface area (Å²) in [6.07, 6.45) is -3.04. The van der Waals surface area contributed by atoms with Crippen LogP contribution in [0.2, 0.25) is 0 Å². The van der Waals surface area contributed by atoms with Gasteiger partial charge in [0.2, 0.25) is 5.88 Å². The molecule has 0 saturated heterocycles. The number of benzene rings is 2. The van der Waals surface area contributed by atoms with E-state index in [0.717, 1.165) is 29.0 Å². The van der Waals surface area contributed by atoms with Gasteiger partial charge in [-0.25, -0.2) is 4.72 Å². The average molecular weight is 523 g/mol. The van der Waals surface area contributed by atoms with Gasteiger partial charge in [0.1, 0.15) is 5.75 Å². The molecule has 0 unspecified atom stereocenters. The first kappa shape index (κ1) is 26.2. The van der Waals surface area contributed by atoms with Crippen LogP contribution in [0.25, 0.3) is 11.3 Å². The molecule has 0 aliphatic heterocycles. The number of hydrogen-bond acceptors (Lipinski definition) is 4. The summed E-state index contributed by atoms with van der Waals surface area (Å²) in [7, 11) is -3.66. The lowest BCUT2D eigenvalue weighted by Gasteiger charge is -2.20. The van der Waals surface area contributed by atoms with E-state index >= 15 is 0 Å². The van der Waals surface area contributed by atoms with Crippen LogP contribution in [-0.2, 0) is 28.5 Å². The van der Waals surface area contributed by atoms with Crippen molar-refractivity contribution >= 4 is 10.2 Å². The fraction of sp³-hybridized carbons (Fsp3) is 0.400. The molecule has 2 N–H and O–H groups in total. The lowest BCUT2D eigenvalue weighted by Crippen LogP contribution is -2.44. The van der Waals surface area contributed by atoms with Gasteiger partial charge in [0.25, 0.3) is 10.2 Å². The molecule has 3 aromatic rings. The zero-order chi connectivity index (χ0) is 26.1. The van der Waals surface area contributed by atoms with Gasteiger partial charge < -0.3 is 4.74 Å². The maximum atomic E-state index is 12.8. The van der Waals surface area contributed by atoms with Crippen LogP contribution in [0.3, 0.4) is 0 Å². The summed E-state index contributed by atoms with van der Waals surface area (Å²) in [5.74, 6) is 0.675. The van der Waals surface area contributed by atoms with Crippen molar-refractivity contribution in [2.75, 3.05) is 6.54 Å². The molecule has 0 radical (unpaired) electrons. The second kappa shape index (κ2) is 9.87. The molecule has 7 nitrogen and oxygen atoms in total. The topological polar surface area (TPSA) is 85.2 Å². The Morgan fingerprint density at radius 2 is 1.81 bits per heavy atom. The third-order valence-corrected chi connectivity index (χ3v) is 7.14. The number of hydrogen-bond donors (Lipinski definition) is 2. The van der Waals surface area contributed by atoms with Gasteiger partial charge in [0.05, 0.1) is 16.8 Å². The summed E-state index contributed by atoms with van der Waals surface area (Å²) in [6.45, 7) is 6.67. The fourth-order valence-electron chi connectivity index (χ4n) is 3.87. The van der Waals surface area contributed by atoms with E-state index in [1.165, 1.54) is 12.1 Å². The van der Waals surface area contributed by atoms with Crippen molar-refractivity contribution in [2.45, 2.75) is 51.9 Å². The predicted molar refractivity (Wildman–Crippen MR) is 131 cm³/mol. The second-order valence-electron chi connectivity index (χ2n) is 9.32. The normalized spacial score (nSPS) is 15.3. The van der Waals surface area contributed by atoms with Gasteiger partial charge in [-0.05, 0) is 61.6 Å². The minimum atomic E-state index is -4.42. The van der Waals surface area contributed by atoms with Crippen molar-refractivity contribution in [3.05, 3.63) is 65.7 Å². The van der Waals surface area contributed by atoms with E-state index < -0.39 is 27.5 Å². The molecule has 4 rings (SSSR count). The number of nitrogens with zero attached hydrogens (tertiary/aromatic N) is 2. The highest BCUT2D eigenvalue weighted by Crippen LogP contribution is 2.47. The van der Waals surface area contributed by atoms with Crippen molar-refractivity contribution in [1.82, 2.24) is 19.2 Å². The summed E-state index contributed by atoms with van der Waals surface area (Å²) in [5, 5.41) is 4.43. The highest BCUT2D eigenvalue weighted by Gasteiger charge is 2.47. The van der Waals surface area contributed by atoms with Crippen molar-refractivity contribution in [3.8, 4) is 22.9 Å². The van der Waals surface area contributed by atoms with Crippen LogP contribution in [-0.4, -0.2) is 24.7 Å². The number of aryl methyl sites for hydroxylation is 1. The van der Waals surface area contributed by atoms with E-state index in [-0.39, 0.29) is 17.5 Å². The molecule has 36 heavy (non-hydrogen) atoms. The van der Waals surface area contributed by atoms with Gasteiger partial charge in [-0.2, -0.15) is 26.3 Å². The van der Waals surface area contributed by atoms with Crippen LogP contribution in [0, 0.1) is 5.92 Å². The standard InChI is InChI=1S/C25H29F3N4O3S/c1-4-32-22(15-23(30-32)35-21-10-8-19(9-11-21)25(26,27)28)18-6-5-7-20(14-18)24(12-13-24)31-36(33,34)29-16-17(2)3/h5-11,14-15,17,29,31H,4,12-13,16H2,1-3H3. The summed E-state index contributed by atoms with van der Waals surface area (Å²) < 4.78 is 76.4. The van der Waals surface area contributed by atoms with Crippen LogP contribution < -0.4 is 14.2 Å². The Balaban J connectivity index is 1.55. The van der Waals surface area contributed by atoms with Gasteiger partial charge in [-0.3, -0.25) is 4.68 Å². The van der Waals surface area contributed by atoms with E-state index in [9.17, 15) is 21.6 Å². The van der Waals surface area contributed by atoms with Gasteiger partial charge in [-0.1, -0.05) is 32.0 Å². The van der Waals surface area contributed by atoms with Crippen LogP contribution >= 0.6 is 0 Å². The first-order valence-corrected chi connectivity index (χ1v) is 13.2. The maximum Gasteiger partial charge on any atom is 0.416 e. The van der Waals surface area contributed by atoms with E-state index in [1.807, 2.05) is 45.0 Å². The van der Waals surface area contributed by atoms with E-state index in [1.54, 1.807) is 10.7 Å². The van der Waals surface area contributed by atoms with Gasteiger partial charge in [0, 0.05) is 24.7 Å². The molecule has 0 bridgehead atoms. The number of aromatic nitrogens is 2. The molecule has 1 heterocycles. The number of nitrogens with one attached hydrogen (secondary N) is 2. The zero-order valence-corrected chi connectivity index (χ0v) is 21.1. The van der Waals surface area contributed by atoms with Crippen molar-refractivity contribution < 1.29 is 26.3 Å². The van der Waals surface area contributed by atoms with Crippen molar-refractivity contribution in [3.63, 3.8) is 0 Å². The number of ether oxygens (including phenoxy) is 1. The molecule has 1 fully saturated rings. The Morgan fingerprint density at radius 1 is 1.11 bits per heavy atom. The molecule has 1 aliphatic rings. The largest absolute Gasteiger partial charge is 0.438 e. The highest BCUT2D eigenvalue weighted by atomic mass is 32.2. The molecule has 0 spiro atoms. The average Bonchev–Trinajstić information content (AvgIpc) is 3.47. The quantitative estimate of drug-likeness (QED) is 0.371. The zero-order valence-electron chi connectivity index (χ0n) is 20.3. The maximum absolute atomic E-state index is 12.8. The van der Waals surface area contributed by atoms with E-state index in [4.69, 9.17) is 4.74 Å². The highest BCUT2D eigenvalue weighted by molar-refractivity contribution is 7.87. The van der Waals surface area contributed by atoms with Crippen LogP contribution in [0.15, 0.2) is 54.6 Å². The third kappa shape index (κ3) is 6.08. The third-order valence-electron chi connectivity index (χ3n) is 5.93. The minimum Gasteiger partial charge on any atom is -0.438 e. The van der Waals surface area contributed by atoms with Crippen LogP contribution in [0.1, 0.15) is 44.7 Å². The predicted octanol–water partition coefficient (Wildman–Crippen LogP) is 5.45. The molecular weight excluding hydrogens is 493 g/mol. The number of halogens is 3. The molecule has 1 aromatic heterocycles. The lowest BCUT2D eigenvalue weighted by atomic mass is 10.0. The van der Waals surface area contributed by atoms with Gasteiger partial charge in [-0.15, -0.1) is 5.10 Å². The Morgan fingerprint density at radius 3 is 2.39 bits per heavy atom. The first-order chi connectivity index (χ1) is 16.9. The molecule has 1 aliphatic carbocycles. The lowest BCUT2D eigenvalue weighted by molar-refractivity contribution is -0.137. The molecular formula is C25H29F3N4O3S. The molecule has 2 aromatic carbocycles. The summed E-state index contributed by atoms with van der Waals surface area (Å²) >= 11 is 0.